The standard InChI is InChI=1S/C17H28N2O2/c1-12(2)19-7-8-20-15(10-19)11-21-17-6-5-13(3)9-16(17)14(4)18/h5-6,9,12,14-15H,7-8,10-11,18H2,1-4H3/t14-,15?/m1/s1. The highest BCUT2D eigenvalue weighted by atomic mass is 16.5. The summed E-state index contributed by atoms with van der Waals surface area (Å²) in [5.41, 5.74) is 8.30. The summed E-state index contributed by atoms with van der Waals surface area (Å²) in [6, 6.07) is 6.69. The Balaban J connectivity index is 1.96. The number of morpholine rings is 1. The summed E-state index contributed by atoms with van der Waals surface area (Å²) < 4.78 is 11.8. The summed E-state index contributed by atoms with van der Waals surface area (Å²) in [7, 11) is 0. The predicted octanol–water partition coefficient (Wildman–Crippen LogP) is 2.50. The van der Waals surface area contributed by atoms with Crippen LogP contribution in [0.15, 0.2) is 18.2 Å². The van der Waals surface area contributed by atoms with Gasteiger partial charge in [0, 0.05) is 30.7 Å². The van der Waals surface area contributed by atoms with Gasteiger partial charge in [-0.3, -0.25) is 4.90 Å². The van der Waals surface area contributed by atoms with Crippen LogP contribution in [0.1, 0.15) is 37.9 Å². The maximum absolute atomic E-state index is 6.03. The van der Waals surface area contributed by atoms with Gasteiger partial charge in [0.15, 0.2) is 0 Å². The van der Waals surface area contributed by atoms with Crippen molar-refractivity contribution in [2.24, 2.45) is 5.73 Å². The normalized spacial score (nSPS) is 21.5. The Kier molecular flexibility index (Phi) is 5.62. The Morgan fingerprint density at radius 2 is 2.14 bits per heavy atom. The zero-order chi connectivity index (χ0) is 15.4. The monoisotopic (exact) mass is 292 g/mol. The van der Waals surface area contributed by atoms with E-state index >= 15 is 0 Å². The molecule has 2 atom stereocenters. The lowest BCUT2D eigenvalue weighted by atomic mass is 10.1. The molecule has 1 aliphatic heterocycles. The van der Waals surface area contributed by atoms with E-state index in [-0.39, 0.29) is 12.1 Å². The molecular weight excluding hydrogens is 264 g/mol. The quantitative estimate of drug-likeness (QED) is 0.906. The molecule has 0 radical (unpaired) electrons. The van der Waals surface area contributed by atoms with E-state index in [0.717, 1.165) is 31.0 Å². The molecule has 0 amide bonds. The highest BCUT2D eigenvalue weighted by Crippen LogP contribution is 2.25. The molecular formula is C17H28N2O2. The van der Waals surface area contributed by atoms with Crippen molar-refractivity contribution in [2.45, 2.75) is 45.9 Å². The van der Waals surface area contributed by atoms with Gasteiger partial charge in [0.2, 0.25) is 0 Å². The van der Waals surface area contributed by atoms with Crippen LogP contribution >= 0.6 is 0 Å². The summed E-state index contributed by atoms with van der Waals surface area (Å²) in [6.07, 6.45) is 0.128. The molecule has 2 N–H and O–H groups in total. The molecule has 2 rings (SSSR count). The number of ether oxygens (including phenoxy) is 2. The average molecular weight is 292 g/mol. The molecule has 0 aromatic heterocycles. The first kappa shape index (κ1) is 16.3. The minimum atomic E-state index is -0.0284. The third-order valence-electron chi connectivity index (χ3n) is 3.98. The topological polar surface area (TPSA) is 47.7 Å². The van der Waals surface area contributed by atoms with Crippen LogP contribution in [-0.2, 0) is 4.74 Å². The first-order chi connectivity index (χ1) is 9.97. The number of benzene rings is 1. The van der Waals surface area contributed by atoms with Gasteiger partial charge in [-0.1, -0.05) is 17.7 Å². The Labute approximate surface area is 128 Å². The second kappa shape index (κ2) is 7.25. The fraction of sp³-hybridized carbons (Fsp3) is 0.647. The van der Waals surface area contributed by atoms with Crippen LogP contribution in [0, 0.1) is 6.92 Å². The molecule has 1 saturated heterocycles. The van der Waals surface area contributed by atoms with Gasteiger partial charge in [-0.25, -0.2) is 0 Å². The first-order valence-corrected chi connectivity index (χ1v) is 7.82. The fourth-order valence-electron chi connectivity index (χ4n) is 2.65. The van der Waals surface area contributed by atoms with Gasteiger partial charge >= 0.3 is 0 Å². The molecule has 1 aliphatic rings. The lowest BCUT2D eigenvalue weighted by Crippen LogP contribution is -2.47. The van der Waals surface area contributed by atoms with E-state index in [0.29, 0.717) is 12.6 Å². The summed E-state index contributed by atoms with van der Waals surface area (Å²) in [5, 5.41) is 0. The van der Waals surface area contributed by atoms with Crippen LogP contribution in [0.4, 0.5) is 0 Å². The Hall–Kier alpha value is -1.10. The van der Waals surface area contributed by atoms with Gasteiger partial charge < -0.3 is 15.2 Å². The number of rotatable bonds is 5. The van der Waals surface area contributed by atoms with E-state index in [1.165, 1.54) is 5.56 Å². The molecule has 0 aliphatic carbocycles. The van der Waals surface area contributed by atoms with E-state index in [1.807, 2.05) is 13.0 Å². The van der Waals surface area contributed by atoms with Crippen LogP contribution in [-0.4, -0.2) is 43.3 Å². The van der Waals surface area contributed by atoms with Crippen molar-refractivity contribution in [1.82, 2.24) is 4.90 Å². The van der Waals surface area contributed by atoms with E-state index in [2.05, 4.69) is 37.8 Å². The van der Waals surface area contributed by atoms with Gasteiger partial charge in [0.05, 0.1) is 6.61 Å². The molecule has 4 nitrogen and oxygen atoms in total. The third kappa shape index (κ3) is 4.43. The predicted molar refractivity (Wildman–Crippen MR) is 85.7 cm³/mol. The van der Waals surface area contributed by atoms with Crippen LogP contribution in [0.3, 0.4) is 0 Å². The highest BCUT2D eigenvalue weighted by Gasteiger charge is 2.23. The first-order valence-electron chi connectivity index (χ1n) is 7.82. The third-order valence-corrected chi connectivity index (χ3v) is 3.98. The molecule has 1 aromatic carbocycles. The number of nitrogens with zero attached hydrogens (tertiary/aromatic N) is 1. The molecule has 1 aromatic rings. The van der Waals surface area contributed by atoms with Gasteiger partial charge in [0.1, 0.15) is 18.5 Å². The van der Waals surface area contributed by atoms with Crippen molar-refractivity contribution < 1.29 is 9.47 Å². The maximum Gasteiger partial charge on any atom is 0.124 e. The minimum Gasteiger partial charge on any atom is -0.490 e. The summed E-state index contributed by atoms with van der Waals surface area (Å²) >= 11 is 0. The van der Waals surface area contributed by atoms with Crippen molar-refractivity contribution in [3.05, 3.63) is 29.3 Å². The summed E-state index contributed by atoms with van der Waals surface area (Å²) in [4.78, 5) is 2.43. The number of hydrogen-bond acceptors (Lipinski definition) is 4. The molecule has 21 heavy (non-hydrogen) atoms. The van der Waals surface area contributed by atoms with Gasteiger partial charge in [0.25, 0.3) is 0 Å². The fourth-order valence-corrected chi connectivity index (χ4v) is 2.65. The van der Waals surface area contributed by atoms with Gasteiger partial charge in [-0.15, -0.1) is 0 Å². The summed E-state index contributed by atoms with van der Waals surface area (Å²) in [5.74, 6) is 0.876. The molecule has 1 heterocycles. The minimum absolute atomic E-state index is 0.0284. The van der Waals surface area contributed by atoms with Gasteiger partial charge in [-0.2, -0.15) is 0 Å². The second-order valence-corrected chi connectivity index (χ2v) is 6.22. The van der Waals surface area contributed by atoms with Crippen LogP contribution in [0.5, 0.6) is 5.75 Å². The molecule has 1 fully saturated rings. The van der Waals surface area contributed by atoms with Crippen molar-refractivity contribution in [3.63, 3.8) is 0 Å². The molecule has 0 saturated carbocycles. The average Bonchev–Trinajstić information content (AvgIpc) is 2.46. The van der Waals surface area contributed by atoms with E-state index in [4.69, 9.17) is 15.2 Å². The maximum atomic E-state index is 6.03. The molecule has 1 unspecified atom stereocenters. The number of aryl methyl sites for hydroxylation is 1. The Morgan fingerprint density at radius 3 is 2.81 bits per heavy atom. The summed E-state index contributed by atoms with van der Waals surface area (Å²) in [6.45, 7) is 11.8. The zero-order valence-electron chi connectivity index (χ0n) is 13.6. The van der Waals surface area contributed by atoms with Crippen molar-refractivity contribution in [2.75, 3.05) is 26.3 Å². The Morgan fingerprint density at radius 1 is 1.38 bits per heavy atom. The van der Waals surface area contributed by atoms with Crippen LogP contribution in [0.25, 0.3) is 0 Å². The molecule has 0 spiro atoms. The molecule has 4 heteroatoms. The molecule has 118 valence electrons. The van der Waals surface area contributed by atoms with Crippen molar-refractivity contribution in [3.8, 4) is 5.75 Å². The van der Waals surface area contributed by atoms with E-state index in [9.17, 15) is 0 Å². The van der Waals surface area contributed by atoms with Crippen molar-refractivity contribution >= 4 is 0 Å². The molecule has 0 bridgehead atoms. The number of hydrogen-bond donors (Lipinski definition) is 1. The lowest BCUT2D eigenvalue weighted by molar-refractivity contribution is -0.0565. The van der Waals surface area contributed by atoms with Gasteiger partial charge in [-0.05, 0) is 33.8 Å². The zero-order valence-corrected chi connectivity index (χ0v) is 13.6. The van der Waals surface area contributed by atoms with E-state index < -0.39 is 0 Å². The van der Waals surface area contributed by atoms with E-state index in [1.54, 1.807) is 0 Å². The lowest BCUT2D eigenvalue weighted by Gasteiger charge is -2.35. The number of nitrogens with two attached hydrogens (primary N) is 1. The van der Waals surface area contributed by atoms with Crippen LogP contribution < -0.4 is 10.5 Å². The highest BCUT2D eigenvalue weighted by molar-refractivity contribution is 5.38. The SMILES string of the molecule is Cc1ccc(OCC2CN(C(C)C)CCO2)c([C@@H](C)N)c1. The second-order valence-electron chi connectivity index (χ2n) is 6.22. The largest absolute Gasteiger partial charge is 0.490 e. The van der Waals surface area contributed by atoms with Crippen molar-refractivity contribution in [1.29, 1.82) is 0 Å². The van der Waals surface area contributed by atoms with Crippen LogP contribution in [0.2, 0.25) is 0 Å². The smallest absolute Gasteiger partial charge is 0.124 e. The Bertz CT molecular complexity index is 460.